The van der Waals surface area contributed by atoms with Gasteiger partial charge in [-0.15, -0.1) is 12.4 Å². The Morgan fingerprint density at radius 3 is 2.79 bits per heavy atom. The number of benzene rings is 1. The van der Waals surface area contributed by atoms with Crippen LogP contribution in [0.5, 0.6) is 5.75 Å². The van der Waals surface area contributed by atoms with Crippen molar-refractivity contribution in [3.63, 3.8) is 0 Å². The van der Waals surface area contributed by atoms with Crippen LogP contribution in [0.3, 0.4) is 0 Å². The van der Waals surface area contributed by atoms with Crippen LogP contribution in [-0.4, -0.2) is 41.9 Å². The Labute approximate surface area is 150 Å². The van der Waals surface area contributed by atoms with E-state index in [1.807, 2.05) is 6.07 Å². The topological polar surface area (TPSA) is 45.3 Å². The third-order valence-corrected chi connectivity index (χ3v) is 5.43. The predicted molar refractivity (Wildman–Crippen MR) is 100 cm³/mol. The number of H-pyrrole nitrogens is 1. The summed E-state index contributed by atoms with van der Waals surface area (Å²) in [5, 5.41) is 1.25. The number of nitrogens with zero attached hydrogens (tertiary/aromatic N) is 1. The summed E-state index contributed by atoms with van der Waals surface area (Å²) < 4.78 is 5.36. The van der Waals surface area contributed by atoms with Crippen molar-refractivity contribution in [2.45, 2.75) is 39.7 Å². The molecular weight excluding hydrogens is 324 g/mol. The Bertz CT molecular complexity index is 725. The molecule has 1 aromatic heterocycles. The summed E-state index contributed by atoms with van der Waals surface area (Å²) in [7, 11) is 1.70. The fourth-order valence-electron chi connectivity index (χ4n) is 3.65. The van der Waals surface area contributed by atoms with Gasteiger partial charge < -0.3 is 9.72 Å². The average Bonchev–Trinajstić information content (AvgIpc) is 2.86. The summed E-state index contributed by atoms with van der Waals surface area (Å²) in [4.78, 5) is 17.8. The van der Waals surface area contributed by atoms with Crippen LogP contribution in [0, 0.1) is 12.8 Å². The molecule has 0 saturated carbocycles. The van der Waals surface area contributed by atoms with Crippen molar-refractivity contribution in [1.29, 1.82) is 0 Å². The zero-order valence-corrected chi connectivity index (χ0v) is 15.7. The quantitative estimate of drug-likeness (QED) is 0.913. The zero-order valence-electron chi connectivity index (χ0n) is 14.9. The number of carbonyl (C=O) groups excluding carboxylic acids is 1. The number of carbonyl (C=O) groups is 1. The molecule has 1 saturated heterocycles. The first-order valence-electron chi connectivity index (χ1n) is 8.43. The molecule has 1 aliphatic rings. The van der Waals surface area contributed by atoms with Crippen LogP contribution in [0.1, 0.15) is 31.5 Å². The van der Waals surface area contributed by atoms with Crippen molar-refractivity contribution < 1.29 is 9.53 Å². The number of rotatable bonds is 4. The highest BCUT2D eigenvalue weighted by atomic mass is 35.5. The maximum Gasteiger partial charge on any atom is 0.138 e. The van der Waals surface area contributed by atoms with Gasteiger partial charge in [-0.25, -0.2) is 0 Å². The summed E-state index contributed by atoms with van der Waals surface area (Å²) in [6.45, 7) is 8.24. The van der Waals surface area contributed by atoms with E-state index in [0.29, 0.717) is 18.2 Å². The van der Waals surface area contributed by atoms with Gasteiger partial charge >= 0.3 is 0 Å². The number of ketones is 1. The lowest BCUT2D eigenvalue weighted by Gasteiger charge is -2.37. The van der Waals surface area contributed by atoms with E-state index >= 15 is 0 Å². The van der Waals surface area contributed by atoms with Gasteiger partial charge in [0, 0.05) is 48.1 Å². The Morgan fingerprint density at radius 2 is 2.08 bits per heavy atom. The second-order valence-corrected chi connectivity index (χ2v) is 6.67. The Morgan fingerprint density at radius 1 is 1.33 bits per heavy atom. The number of Topliss-reactive ketones (excluding diaryl/α,β-unsaturated/α-hetero) is 1. The summed E-state index contributed by atoms with van der Waals surface area (Å²) in [5.74, 6) is 1.44. The SMILES string of the molecule is COc1ccc2[nH]c(C)c(CCN3CCC(=O)C(C)C3C)c2c1.Cl. The van der Waals surface area contributed by atoms with Gasteiger partial charge in [-0.05, 0) is 44.0 Å². The third kappa shape index (κ3) is 3.45. The van der Waals surface area contributed by atoms with Gasteiger partial charge in [0.05, 0.1) is 7.11 Å². The van der Waals surface area contributed by atoms with Crippen molar-refractivity contribution in [1.82, 2.24) is 9.88 Å². The van der Waals surface area contributed by atoms with E-state index < -0.39 is 0 Å². The second kappa shape index (κ2) is 7.58. The van der Waals surface area contributed by atoms with E-state index in [4.69, 9.17) is 4.74 Å². The lowest BCUT2D eigenvalue weighted by atomic mass is 9.90. The minimum absolute atomic E-state index is 0. The van der Waals surface area contributed by atoms with Crippen LogP contribution in [0.15, 0.2) is 18.2 Å². The summed E-state index contributed by atoms with van der Waals surface area (Å²) in [6, 6.07) is 6.51. The van der Waals surface area contributed by atoms with Crippen LogP contribution in [0.4, 0.5) is 0 Å². The van der Waals surface area contributed by atoms with E-state index in [9.17, 15) is 4.79 Å². The van der Waals surface area contributed by atoms with Crippen molar-refractivity contribution in [3.8, 4) is 5.75 Å². The van der Waals surface area contributed by atoms with Gasteiger partial charge in [-0.1, -0.05) is 6.92 Å². The van der Waals surface area contributed by atoms with E-state index in [1.54, 1.807) is 7.11 Å². The highest BCUT2D eigenvalue weighted by Gasteiger charge is 2.30. The Balaban J connectivity index is 0.00000208. The molecule has 0 amide bonds. The molecule has 5 heteroatoms. The number of ether oxygens (including phenoxy) is 1. The number of hydrogen-bond donors (Lipinski definition) is 1. The highest BCUT2D eigenvalue weighted by molar-refractivity contribution is 5.86. The maximum absolute atomic E-state index is 11.8. The molecular formula is C19H27ClN2O2. The van der Waals surface area contributed by atoms with Crippen LogP contribution in [0.2, 0.25) is 0 Å². The molecule has 0 bridgehead atoms. The first kappa shape index (κ1) is 18.8. The molecule has 132 valence electrons. The zero-order chi connectivity index (χ0) is 16.6. The number of methoxy groups -OCH3 is 1. The van der Waals surface area contributed by atoms with E-state index in [1.165, 1.54) is 16.6 Å². The highest BCUT2D eigenvalue weighted by Crippen LogP contribution is 2.28. The molecule has 0 spiro atoms. The molecule has 1 aliphatic heterocycles. The first-order chi connectivity index (χ1) is 11.0. The molecule has 2 atom stereocenters. The van der Waals surface area contributed by atoms with Crippen molar-refractivity contribution >= 4 is 29.1 Å². The minimum Gasteiger partial charge on any atom is -0.497 e. The first-order valence-corrected chi connectivity index (χ1v) is 8.43. The Kier molecular flexibility index (Phi) is 5.94. The molecule has 2 aromatic rings. The molecule has 2 heterocycles. The normalized spacial score (nSPS) is 21.8. The van der Waals surface area contributed by atoms with Crippen LogP contribution < -0.4 is 4.74 Å². The molecule has 4 nitrogen and oxygen atoms in total. The molecule has 1 fully saturated rings. The number of aromatic nitrogens is 1. The lowest BCUT2D eigenvalue weighted by Crippen LogP contribution is -2.47. The maximum atomic E-state index is 11.8. The molecule has 0 aliphatic carbocycles. The average molecular weight is 351 g/mol. The molecule has 3 rings (SSSR count). The van der Waals surface area contributed by atoms with Gasteiger partial charge in [0.25, 0.3) is 0 Å². The largest absolute Gasteiger partial charge is 0.497 e. The van der Waals surface area contributed by atoms with Crippen molar-refractivity contribution in [3.05, 3.63) is 29.5 Å². The molecule has 2 unspecified atom stereocenters. The number of likely N-dealkylation sites (tertiary alicyclic amines) is 1. The predicted octanol–water partition coefficient (Wildman–Crippen LogP) is 3.75. The van der Waals surface area contributed by atoms with E-state index in [2.05, 4.69) is 42.8 Å². The molecule has 0 radical (unpaired) electrons. The monoisotopic (exact) mass is 350 g/mol. The summed E-state index contributed by atoms with van der Waals surface area (Å²) in [5.41, 5.74) is 3.74. The fraction of sp³-hybridized carbons (Fsp3) is 0.526. The van der Waals surface area contributed by atoms with E-state index in [0.717, 1.165) is 30.8 Å². The number of aromatic amines is 1. The number of halogens is 1. The smallest absolute Gasteiger partial charge is 0.138 e. The van der Waals surface area contributed by atoms with Gasteiger partial charge in [-0.2, -0.15) is 0 Å². The van der Waals surface area contributed by atoms with Crippen molar-refractivity contribution in [2.75, 3.05) is 20.2 Å². The number of piperidine rings is 1. The van der Waals surface area contributed by atoms with Crippen LogP contribution >= 0.6 is 12.4 Å². The van der Waals surface area contributed by atoms with Crippen molar-refractivity contribution in [2.24, 2.45) is 5.92 Å². The van der Waals surface area contributed by atoms with Gasteiger partial charge in [0.1, 0.15) is 11.5 Å². The molecule has 1 N–H and O–H groups in total. The van der Waals surface area contributed by atoms with E-state index in [-0.39, 0.29) is 18.3 Å². The lowest BCUT2D eigenvalue weighted by molar-refractivity contribution is -0.127. The summed E-state index contributed by atoms with van der Waals surface area (Å²) >= 11 is 0. The van der Waals surface area contributed by atoms with Crippen LogP contribution in [-0.2, 0) is 11.2 Å². The molecule has 24 heavy (non-hydrogen) atoms. The third-order valence-electron chi connectivity index (χ3n) is 5.43. The van der Waals surface area contributed by atoms with Gasteiger partial charge in [-0.3, -0.25) is 9.69 Å². The molecule has 1 aromatic carbocycles. The minimum atomic E-state index is 0. The van der Waals surface area contributed by atoms with Crippen LogP contribution in [0.25, 0.3) is 10.9 Å². The number of hydrogen-bond acceptors (Lipinski definition) is 3. The fourth-order valence-corrected chi connectivity index (χ4v) is 3.65. The number of fused-ring (bicyclic) bond motifs is 1. The summed E-state index contributed by atoms with van der Waals surface area (Å²) in [6.07, 6.45) is 1.68. The number of aryl methyl sites for hydroxylation is 1. The standard InChI is InChI=1S/C19H26N2O2.ClH/c1-12-14(3)21(10-8-19(12)22)9-7-16-13(2)20-18-6-5-15(23-4)11-17(16)18;/h5-6,11-12,14,20H,7-10H2,1-4H3;1H. The second-order valence-electron chi connectivity index (χ2n) is 6.67. The Hall–Kier alpha value is -1.52. The van der Waals surface area contributed by atoms with Gasteiger partial charge in [0.2, 0.25) is 0 Å². The van der Waals surface area contributed by atoms with Gasteiger partial charge in [0.15, 0.2) is 0 Å². The number of nitrogens with one attached hydrogen (secondary N) is 1.